The summed E-state index contributed by atoms with van der Waals surface area (Å²) in [6.07, 6.45) is 1.18. The average Bonchev–Trinajstić information content (AvgIpc) is 2.37. The lowest BCUT2D eigenvalue weighted by molar-refractivity contribution is -0.141. The van der Waals surface area contributed by atoms with Gasteiger partial charge in [-0.2, -0.15) is 0 Å². The molecule has 0 aliphatic heterocycles. The molecule has 2 N–H and O–H groups in total. The van der Waals surface area contributed by atoms with Gasteiger partial charge in [-0.15, -0.1) is 11.8 Å². The maximum Gasteiger partial charge on any atom is 0.326 e. The number of aliphatic carboxylic acids is 1. The van der Waals surface area contributed by atoms with Gasteiger partial charge in [0.2, 0.25) is 5.91 Å². The molecule has 0 bridgehead atoms. The van der Waals surface area contributed by atoms with E-state index in [1.165, 1.54) is 11.8 Å². The number of amides is 1. The van der Waals surface area contributed by atoms with Crippen LogP contribution in [0.1, 0.15) is 19.8 Å². The highest BCUT2D eigenvalue weighted by Crippen LogP contribution is 2.16. The number of hydrogen-bond acceptors (Lipinski definition) is 3. The van der Waals surface area contributed by atoms with E-state index in [9.17, 15) is 9.59 Å². The number of carbonyl (C=O) groups is 2. The molecule has 1 amide bonds. The molecule has 0 saturated carbocycles. The van der Waals surface area contributed by atoms with Crippen molar-refractivity contribution in [2.75, 3.05) is 5.75 Å². The first kappa shape index (κ1) is 14.6. The van der Waals surface area contributed by atoms with Gasteiger partial charge >= 0.3 is 5.97 Å². The van der Waals surface area contributed by atoms with Crippen molar-refractivity contribution in [3.05, 3.63) is 30.3 Å². The van der Waals surface area contributed by atoms with Gasteiger partial charge in [-0.25, -0.2) is 4.79 Å². The van der Waals surface area contributed by atoms with Crippen molar-refractivity contribution in [2.24, 2.45) is 0 Å². The van der Waals surface area contributed by atoms with Gasteiger partial charge in [-0.3, -0.25) is 4.79 Å². The van der Waals surface area contributed by atoms with Gasteiger partial charge < -0.3 is 10.4 Å². The minimum Gasteiger partial charge on any atom is -0.480 e. The van der Waals surface area contributed by atoms with Crippen LogP contribution in [0.2, 0.25) is 0 Å². The summed E-state index contributed by atoms with van der Waals surface area (Å²) in [7, 11) is 0. The topological polar surface area (TPSA) is 66.4 Å². The van der Waals surface area contributed by atoms with Crippen LogP contribution >= 0.6 is 11.8 Å². The van der Waals surface area contributed by atoms with E-state index < -0.39 is 12.0 Å². The highest BCUT2D eigenvalue weighted by molar-refractivity contribution is 8.00. The molecule has 0 aliphatic carbocycles. The van der Waals surface area contributed by atoms with Crippen LogP contribution in [0.3, 0.4) is 0 Å². The smallest absolute Gasteiger partial charge is 0.326 e. The number of benzene rings is 1. The Morgan fingerprint density at radius 2 is 2.00 bits per heavy atom. The number of carbonyl (C=O) groups excluding carboxylic acids is 1. The number of nitrogens with one attached hydrogen (secondary N) is 1. The van der Waals surface area contributed by atoms with Gasteiger partial charge in [-0.05, 0) is 18.6 Å². The highest BCUT2D eigenvalue weighted by atomic mass is 32.2. The molecule has 4 nitrogen and oxygen atoms in total. The first-order valence-corrected chi connectivity index (χ1v) is 6.82. The van der Waals surface area contributed by atoms with Crippen LogP contribution in [0.5, 0.6) is 0 Å². The Kier molecular flexibility index (Phi) is 6.28. The van der Waals surface area contributed by atoms with Crippen molar-refractivity contribution in [3.63, 3.8) is 0 Å². The Morgan fingerprint density at radius 3 is 2.56 bits per heavy atom. The van der Waals surface area contributed by atoms with Crippen LogP contribution in [0.4, 0.5) is 0 Å². The zero-order chi connectivity index (χ0) is 13.4. The minimum absolute atomic E-state index is 0.234. The Morgan fingerprint density at radius 1 is 1.33 bits per heavy atom. The van der Waals surface area contributed by atoms with E-state index in [1.54, 1.807) is 0 Å². The monoisotopic (exact) mass is 267 g/mol. The lowest BCUT2D eigenvalue weighted by Gasteiger charge is -2.13. The van der Waals surface area contributed by atoms with E-state index in [0.29, 0.717) is 6.42 Å². The van der Waals surface area contributed by atoms with E-state index >= 15 is 0 Å². The van der Waals surface area contributed by atoms with Crippen LogP contribution in [-0.4, -0.2) is 28.8 Å². The third kappa shape index (κ3) is 5.23. The molecule has 1 rings (SSSR count). The van der Waals surface area contributed by atoms with Crippen LogP contribution < -0.4 is 5.32 Å². The predicted molar refractivity (Wildman–Crippen MR) is 71.6 cm³/mol. The molecule has 1 atom stereocenters. The fraction of sp³-hybridized carbons (Fsp3) is 0.385. The molecule has 1 aromatic rings. The van der Waals surface area contributed by atoms with Crippen LogP contribution in [0, 0.1) is 0 Å². The lowest BCUT2D eigenvalue weighted by atomic mass is 10.2. The maximum absolute atomic E-state index is 11.6. The minimum atomic E-state index is -0.977. The molecular weight excluding hydrogens is 250 g/mol. The Labute approximate surface area is 111 Å². The maximum atomic E-state index is 11.6. The van der Waals surface area contributed by atoms with Crippen molar-refractivity contribution in [1.82, 2.24) is 5.32 Å². The van der Waals surface area contributed by atoms with Gasteiger partial charge in [0.1, 0.15) is 6.04 Å². The van der Waals surface area contributed by atoms with Gasteiger partial charge in [0.25, 0.3) is 0 Å². The molecule has 0 radical (unpaired) electrons. The molecule has 18 heavy (non-hydrogen) atoms. The average molecular weight is 267 g/mol. The molecule has 0 heterocycles. The summed E-state index contributed by atoms with van der Waals surface area (Å²) in [5.41, 5.74) is 0. The zero-order valence-electron chi connectivity index (χ0n) is 10.3. The molecule has 0 aromatic heterocycles. The Bertz CT molecular complexity index is 394. The molecule has 0 fully saturated rings. The summed E-state index contributed by atoms with van der Waals surface area (Å²) in [5.74, 6) is -0.989. The van der Waals surface area contributed by atoms with Crippen LogP contribution in [0.15, 0.2) is 35.2 Å². The molecule has 1 aromatic carbocycles. The third-order valence-electron chi connectivity index (χ3n) is 2.32. The standard InChI is InChI=1S/C13H17NO3S/c1-2-6-11(13(16)17)14-12(15)9-18-10-7-4-3-5-8-10/h3-5,7-8,11H,2,6,9H2,1H3,(H,14,15)(H,16,17). The molecule has 5 heteroatoms. The summed E-state index contributed by atoms with van der Waals surface area (Å²) in [4.78, 5) is 23.5. The van der Waals surface area contributed by atoms with Crippen LogP contribution in [0.25, 0.3) is 0 Å². The summed E-state index contributed by atoms with van der Waals surface area (Å²) >= 11 is 1.40. The van der Waals surface area contributed by atoms with Gasteiger partial charge in [0, 0.05) is 4.90 Å². The molecule has 0 spiro atoms. The fourth-order valence-corrected chi connectivity index (χ4v) is 2.18. The molecule has 1 unspecified atom stereocenters. The quantitative estimate of drug-likeness (QED) is 0.743. The number of hydrogen-bond donors (Lipinski definition) is 2. The molecular formula is C13H17NO3S. The van der Waals surface area contributed by atoms with Crippen molar-refractivity contribution < 1.29 is 14.7 Å². The number of rotatable bonds is 7. The Hall–Kier alpha value is -1.49. The lowest BCUT2D eigenvalue weighted by Crippen LogP contribution is -2.41. The largest absolute Gasteiger partial charge is 0.480 e. The summed E-state index contributed by atoms with van der Waals surface area (Å²) < 4.78 is 0. The van der Waals surface area contributed by atoms with E-state index in [2.05, 4.69) is 5.32 Å². The predicted octanol–water partition coefficient (Wildman–Crippen LogP) is 2.15. The molecule has 0 aliphatic rings. The van der Waals surface area contributed by atoms with Crippen LogP contribution in [-0.2, 0) is 9.59 Å². The second-order valence-corrected chi connectivity index (χ2v) is 4.90. The van der Waals surface area contributed by atoms with E-state index in [-0.39, 0.29) is 11.7 Å². The summed E-state index contributed by atoms with van der Waals surface area (Å²) in [6, 6.07) is 8.76. The number of carboxylic acid groups (broad SMARTS) is 1. The van der Waals surface area contributed by atoms with E-state index in [0.717, 1.165) is 11.3 Å². The number of thioether (sulfide) groups is 1. The normalized spacial score (nSPS) is 11.8. The van der Waals surface area contributed by atoms with E-state index in [1.807, 2.05) is 37.3 Å². The Balaban J connectivity index is 2.39. The summed E-state index contributed by atoms with van der Waals surface area (Å²) in [5, 5.41) is 11.4. The third-order valence-corrected chi connectivity index (χ3v) is 3.34. The van der Waals surface area contributed by atoms with Crippen molar-refractivity contribution in [3.8, 4) is 0 Å². The van der Waals surface area contributed by atoms with Gasteiger partial charge in [-0.1, -0.05) is 31.5 Å². The van der Waals surface area contributed by atoms with Crippen molar-refractivity contribution in [1.29, 1.82) is 0 Å². The van der Waals surface area contributed by atoms with Crippen molar-refractivity contribution in [2.45, 2.75) is 30.7 Å². The highest BCUT2D eigenvalue weighted by Gasteiger charge is 2.18. The zero-order valence-corrected chi connectivity index (χ0v) is 11.1. The second kappa shape index (κ2) is 7.76. The SMILES string of the molecule is CCCC(NC(=O)CSc1ccccc1)C(=O)O. The second-order valence-electron chi connectivity index (χ2n) is 3.85. The first-order chi connectivity index (χ1) is 8.63. The molecule has 98 valence electrons. The number of carboxylic acids is 1. The van der Waals surface area contributed by atoms with Gasteiger partial charge in [0.05, 0.1) is 5.75 Å². The summed E-state index contributed by atoms with van der Waals surface area (Å²) in [6.45, 7) is 1.89. The van der Waals surface area contributed by atoms with E-state index in [4.69, 9.17) is 5.11 Å². The van der Waals surface area contributed by atoms with Crippen molar-refractivity contribution >= 4 is 23.6 Å². The molecule has 0 saturated heterocycles. The first-order valence-electron chi connectivity index (χ1n) is 5.83. The van der Waals surface area contributed by atoms with Gasteiger partial charge in [0.15, 0.2) is 0 Å². The fourth-order valence-electron chi connectivity index (χ4n) is 1.45.